The van der Waals surface area contributed by atoms with Crippen molar-refractivity contribution < 1.29 is 0 Å². The van der Waals surface area contributed by atoms with E-state index in [2.05, 4.69) is 47.2 Å². The number of hydrogen-bond donors (Lipinski definition) is 0. The van der Waals surface area contributed by atoms with Crippen molar-refractivity contribution in [2.24, 2.45) is 5.92 Å². The predicted molar refractivity (Wildman–Crippen MR) is 71.2 cm³/mol. The van der Waals surface area contributed by atoms with Gasteiger partial charge in [-0.1, -0.05) is 30.3 Å². The molecule has 1 heterocycles. The second-order valence-corrected chi connectivity index (χ2v) is 5.62. The lowest BCUT2D eigenvalue weighted by molar-refractivity contribution is 0.148. The first kappa shape index (κ1) is 11.2. The maximum atomic E-state index is 2.65. The van der Waals surface area contributed by atoms with E-state index in [0.717, 1.165) is 11.8 Å². The van der Waals surface area contributed by atoms with E-state index in [1.807, 2.05) is 0 Å². The Kier molecular flexibility index (Phi) is 3.17. The van der Waals surface area contributed by atoms with E-state index in [4.69, 9.17) is 0 Å². The minimum absolute atomic E-state index is 0.843. The minimum atomic E-state index is 0.843. The largest absolute Gasteiger partial charge is 0.304 e. The number of likely N-dealkylation sites (N-methyl/N-ethyl adjacent to an activating group) is 1. The van der Waals surface area contributed by atoms with Crippen molar-refractivity contribution in [3.63, 3.8) is 0 Å². The quantitative estimate of drug-likeness (QED) is 0.784. The van der Waals surface area contributed by atoms with Crippen molar-refractivity contribution in [3.8, 4) is 0 Å². The Morgan fingerprint density at radius 3 is 2.47 bits per heavy atom. The molecule has 2 fully saturated rings. The third-order valence-electron chi connectivity index (χ3n) is 4.24. The predicted octanol–water partition coefficient (Wildman–Crippen LogP) is 2.04. The zero-order valence-corrected chi connectivity index (χ0v) is 10.7. The molecule has 0 amide bonds. The summed E-state index contributed by atoms with van der Waals surface area (Å²) in [6.45, 7) is 6.31. The highest BCUT2D eigenvalue weighted by molar-refractivity contribution is 5.25. The van der Waals surface area contributed by atoms with Gasteiger partial charge in [-0.3, -0.25) is 0 Å². The zero-order chi connectivity index (χ0) is 11.7. The first-order chi connectivity index (χ1) is 8.33. The van der Waals surface area contributed by atoms with E-state index in [1.165, 1.54) is 39.1 Å². The smallest absolute Gasteiger partial charge is 0.0110 e. The zero-order valence-electron chi connectivity index (χ0n) is 10.7. The first-order valence-electron chi connectivity index (χ1n) is 6.79. The molecule has 92 valence electrons. The van der Waals surface area contributed by atoms with E-state index in [9.17, 15) is 0 Å². The molecule has 1 saturated heterocycles. The lowest BCUT2D eigenvalue weighted by Crippen LogP contribution is -2.45. The van der Waals surface area contributed by atoms with Crippen molar-refractivity contribution in [2.75, 3.05) is 39.8 Å². The maximum absolute atomic E-state index is 2.65. The highest BCUT2D eigenvalue weighted by atomic mass is 15.2. The Morgan fingerprint density at radius 1 is 1.06 bits per heavy atom. The summed E-state index contributed by atoms with van der Waals surface area (Å²) in [4.78, 5) is 5.08. The molecule has 17 heavy (non-hydrogen) atoms. The lowest BCUT2D eigenvalue weighted by atomic mass is 10.1. The number of nitrogens with zero attached hydrogens (tertiary/aromatic N) is 2. The lowest BCUT2D eigenvalue weighted by Gasteiger charge is -2.32. The Balaban J connectivity index is 1.49. The van der Waals surface area contributed by atoms with Crippen LogP contribution in [0.25, 0.3) is 0 Å². The summed E-state index contributed by atoms with van der Waals surface area (Å²) in [5, 5.41) is 0. The van der Waals surface area contributed by atoms with Gasteiger partial charge in [0.05, 0.1) is 0 Å². The van der Waals surface area contributed by atoms with Gasteiger partial charge in [-0.05, 0) is 30.9 Å². The van der Waals surface area contributed by atoms with Crippen molar-refractivity contribution in [2.45, 2.75) is 12.3 Å². The molecule has 0 N–H and O–H groups in total. The Bertz CT molecular complexity index is 354. The number of hydrogen-bond acceptors (Lipinski definition) is 2. The minimum Gasteiger partial charge on any atom is -0.304 e. The van der Waals surface area contributed by atoms with E-state index in [1.54, 1.807) is 5.56 Å². The van der Waals surface area contributed by atoms with E-state index in [0.29, 0.717) is 0 Å². The van der Waals surface area contributed by atoms with Gasteiger partial charge in [0.15, 0.2) is 0 Å². The molecule has 1 aromatic rings. The number of rotatable bonds is 3. The highest BCUT2D eigenvalue weighted by Crippen LogP contribution is 2.47. The summed E-state index contributed by atoms with van der Waals surface area (Å²) in [7, 11) is 2.22. The van der Waals surface area contributed by atoms with Crippen molar-refractivity contribution in [1.82, 2.24) is 9.80 Å². The summed E-state index contributed by atoms with van der Waals surface area (Å²) in [6.07, 6.45) is 1.40. The topological polar surface area (TPSA) is 6.48 Å². The molecule has 3 rings (SSSR count). The average Bonchev–Trinajstić information content (AvgIpc) is 3.13. The molecule has 2 atom stereocenters. The second-order valence-electron chi connectivity index (χ2n) is 5.62. The monoisotopic (exact) mass is 230 g/mol. The standard InChI is InChI=1S/C15H22N2/c1-16-7-9-17(10-8-16)12-14-11-15(14)13-5-3-2-4-6-13/h2-6,14-15H,7-12H2,1H3/t14-,15?/m1/s1. The SMILES string of the molecule is CN1CCN(C[C@H]2CC2c2ccccc2)CC1. The van der Waals surface area contributed by atoms with Crippen molar-refractivity contribution in [3.05, 3.63) is 35.9 Å². The molecule has 1 unspecified atom stereocenters. The van der Waals surface area contributed by atoms with Crippen LogP contribution in [0.2, 0.25) is 0 Å². The molecular weight excluding hydrogens is 208 g/mol. The molecular formula is C15H22N2. The van der Waals surface area contributed by atoms with Crippen LogP contribution in [0.1, 0.15) is 17.9 Å². The van der Waals surface area contributed by atoms with Gasteiger partial charge in [0.1, 0.15) is 0 Å². The molecule has 1 aromatic carbocycles. The van der Waals surface area contributed by atoms with Gasteiger partial charge in [-0.15, -0.1) is 0 Å². The molecule has 2 heteroatoms. The van der Waals surface area contributed by atoms with Gasteiger partial charge in [0.2, 0.25) is 0 Å². The normalized spacial score (nSPS) is 30.4. The van der Waals surface area contributed by atoms with Crippen LogP contribution in [0.4, 0.5) is 0 Å². The number of piperazine rings is 1. The summed E-state index contributed by atoms with van der Waals surface area (Å²) in [5.41, 5.74) is 1.55. The number of benzene rings is 1. The van der Waals surface area contributed by atoms with Gasteiger partial charge in [0, 0.05) is 32.7 Å². The Labute approximate surface area is 104 Å². The summed E-state index contributed by atoms with van der Waals surface area (Å²) >= 11 is 0. The first-order valence-corrected chi connectivity index (χ1v) is 6.79. The highest BCUT2D eigenvalue weighted by Gasteiger charge is 2.39. The Morgan fingerprint density at radius 2 is 1.76 bits per heavy atom. The summed E-state index contributed by atoms with van der Waals surface area (Å²) in [5.74, 6) is 1.76. The molecule has 1 aliphatic carbocycles. The molecule has 2 aliphatic rings. The third-order valence-corrected chi connectivity index (χ3v) is 4.24. The third kappa shape index (κ3) is 2.70. The van der Waals surface area contributed by atoms with Crippen LogP contribution in [0.3, 0.4) is 0 Å². The van der Waals surface area contributed by atoms with Crippen LogP contribution >= 0.6 is 0 Å². The van der Waals surface area contributed by atoms with Crippen molar-refractivity contribution in [1.29, 1.82) is 0 Å². The van der Waals surface area contributed by atoms with Gasteiger partial charge < -0.3 is 9.80 Å². The summed E-state index contributed by atoms with van der Waals surface area (Å²) < 4.78 is 0. The molecule has 0 radical (unpaired) electrons. The second kappa shape index (κ2) is 4.79. The van der Waals surface area contributed by atoms with Gasteiger partial charge in [0.25, 0.3) is 0 Å². The van der Waals surface area contributed by atoms with Crippen LogP contribution in [-0.2, 0) is 0 Å². The molecule has 0 bridgehead atoms. The van der Waals surface area contributed by atoms with Crippen LogP contribution in [-0.4, -0.2) is 49.6 Å². The molecule has 0 spiro atoms. The van der Waals surface area contributed by atoms with Crippen LogP contribution in [0, 0.1) is 5.92 Å². The van der Waals surface area contributed by atoms with Crippen LogP contribution in [0.15, 0.2) is 30.3 Å². The molecule has 2 nitrogen and oxygen atoms in total. The van der Waals surface area contributed by atoms with Crippen LogP contribution in [0.5, 0.6) is 0 Å². The van der Waals surface area contributed by atoms with Gasteiger partial charge in [-0.25, -0.2) is 0 Å². The molecule has 0 aromatic heterocycles. The maximum Gasteiger partial charge on any atom is 0.0110 e. The van der Waals surface area contributed by atoms with Gasteiger partial charge >= 0.3 is 0 Å². The van der Waals surface area contributed by atoms with E-state index in [-0.39, 0.29) is 0 Å². The average molecular weight is 230 g/mol. The van der Waals surface area contributed by atoms with Crippen molar-refractivity contribution >= 4 is 0 Å². The molecule has 1 aliphatic heterocycles. The fourth-order valence-electron chi connectivity index (χ4n) is 2.92. The fourth-order valence-corrected chi connectivity index (χ4v) is 2.92. The Hall–Kier alpha value is -0.860. The van der Waals surface area contributed by atoms with E-state index >= 15 is 0 Å². The van der Waals surface area contributed by atoms with Gasteiger partial charge in [-0.2, -0.15) is 0 Å². The van der Waals surface area contributed by atoms with E-state index < -0.39 is 0 Å². The van der Waals surface area contributed by atoms with Crippen LogP contribution < -0.4 is 0 Å². The molecule has 1 saturated carbocycles. The fraction of sp³-hybridized carbons (Fsp3) is 0.600. The summed E-state index contributed by atoms with van der Waals surface area (Å²) in [6, 6.07) is 11.0.